The lowest BCUT2D eigenvalue weighted by molar-refractivity contribution is -0.125. The van der Waals surface area contributed by atoms with Crippen molar-refractivity contribution in [1.29, 1.82) is 0 Å². The van der Waals surface area contributed by atoms with E-state index in [1.165, 1.54) is 12.8 Å². The normalized spacial score (nSPS) is 22.9. The van der Waals surface area contributed by atoms with E-state index in [0.717, 1.165) is 58.7 Å². The number of rotatable bonds is 7. The first-order chi connectivity index (χ1) is 9.77. The summed E-state index contributed by atoms with van der Waals surface area (Å²) >= 11 is 0. The standard InChI is InChI=1S/C15H29N3O2/c1-16-7-4-8-17-14(19)13-15(5-2-3-6-15)18-9-11-20-12-10-18/h16H,2-13H2,1H3,(H,17,19). The fraction of sp³-hybridized carbons (Fsp3) is 0.933. The van der Waals surface area contributed by atoms with Gasteiger partial charge in [-0.05, 0) is 32.9 Å². The van der Waals surface area contributed by atoms with Gasteiger partial charge in [-0.3, -0.25) is 9.69 Å². The van der Waals surface area contributed by atoms with Gasteiger partial charge in [0.05, 0.1) is 13.2 Å². The average molecular weight is 283 g/mol. The molecule has 0 aromatic carbocycles. The first-order valence-corrected chi connectivity index (χ1v) is 8.01. The molecule has 0 bridgehead atoms. The molecule has 2 fully saturated rings. The van der Waals surface area contributed by atoms with Crippen molar-refractivity contribution in [2.45, 2.75) is 44.1 Å². The van der Waals surface area contributed by atoms with E-state index in [9.17, 15) is 4.79 Å². The summed E-state index contributed by atoms with van der Waals surface area (Å²) in [5.74, 6) is 0.217. The fourth-order valence-corrected chi connectivity index (χ4v) is 3.53. The summed E-state index contributed by atoms with van der Waals surface area (Å²) in [5.41, 5.74) is 0.108. The van der Waals surface area contributed by atoms with Gasteiger partial charge in [0.1, 0.15) is 0 Å². The van der Waals surface area contributed by atoms with Crippen LogP contribution in [-0.2, 0) is 9.53 Å². The van der Waals surface area contributed by atoms with Crippen molar-refractivity contribution in [3.05, 3.63) is 0 Å². The first-order valence-electron chi connectivity index (χ1n) is 8.01. The van der Waals surface area contributed by atoms with Gasteiger partial charge >= 0.3 is 0 Å². The highest BCUT2D eigenvalue weighted by molar-refractivity contribution is 5.77. The molecule has 20 heavy (non-hydrogen) atoms. The highest BCUT2D eigenvalue weighted by Crippen LogP contribution is 2.38. The molecule has 0 aromatic heterocycles. The van der Waals surface area contributed by atoms with Gasteiger partial charge < -0.3 is 15.4 Å². The van der Waals surface area contributed by atoms with Gasteiger partial charge in [0.15, 0.2) is 0 Å². The van der Waals surface area contributed by atoms with Crippen molar-refractivity contribution in [1.82, 2.24) is 15.5 Å². The van der Waals surface area contributed by atoms with Gasteiger partial charge in [-0.2, -0.15) is 0 Å². The largest absolute Gasteiger partial charge is 0.379 e. The van der Waals surface area contributed by atoms with Crippen LogP contribution in [0.15, 0.2) is 0 Å². The highest BCUT2D eigenvalue weighted by atomic mass is 16.5. The molecule has 0 radical (unpaired) electrons. The van der Waals surface area contributed by atoms with E-state index in [-0.39, 0.29) is 11.4 Å². The number of carbonyl (C=O) groups is 1. The van der Waals surface area contributed by atoms with Crippen LogP contribution in [0.2, 0.25) is 0 Å². The maximum atomic E-state index is 12.2. The van der Waals surface area contributed by atoms with Crippen molar-refractivity contribution >= 4 is 5.91 Å². The Morgan fingerprint density at radius 2 is 1.90 bits per heavy atom. The van der Waals surface area contributed by atoms with Crippen molar-refractivity contribution in [2.24, 2.45) is 0 Å². The second kappa shape index (κ2) is 7.96. The molecule has 1 aliphatic heterocycles. The molecule has 1 saturated heterocycles. The van der Waals surface area contributed by atoms with E-state index in [1.807, 2.05) is 7.05 Å². The number of morpholine rings is 1. The Labute approximate surface area is 122 Å². The fourth-order valence-electron chi connectivity index (χ4n) is 3.53. The molecule has 0 spiro atoms. The summed E-state index contributed by atoms with van der Waals surface area (Å²) in [6.07, 6.45) is 6.49. The molecule has 5 nitrogen and oxygen atoms in total. The molecule has 2 rings (SSSR count). The molecule has 0 aromatic rings. The molecular weight excluding hydrogens is 254 g/mol. The Hall–Kier alpha value is -0.650. The van der Waals surface area contributed by atoms with Crippen LogP contribution < -0.4 is 10.6 Å². The molecule has 116 valence electrons. The molecule has 2 N–H and O–H groups in total. The Morgan fingerprint density at radius 1 is 1.20 bits per heavy atom. The van der Waals surface area contributed by atoms with Gasteiger partial charge in [-0.1, -0.05) is 12.8 Å². The number of hydrogen-bond donors (Lipinski definition) is 2. The number of amides is 1. The Bertz CT molecular complexity index is 297. The number of hydrogen-bond acceptors (Lipinski definition) is 4. The van der Waals surface area contributed by atoms with Gasteiger partial charge in [-0.25, -0.2) is 0 Å². The molecule has 0 unspecified atom stereocenters. The van der Waals surface area contributed by atoms with Gasteiger partial charge in [0.2, 0.25) is 5.91 Å². The Morgan fingerprint density at radius 3 is 2.55 bits per heavy atom. The molecule has 1 heterocycles. The van der Waals surface area contributed by atoms with E-state index in [1.54, 1.807) is 0 Å². The second-order valence-corrected chi connectivity index (χ2v) is 6.01. The van der Waals surface area contributed by atoms with Crippen LogP contribution in [0.1, 0.15) is 38.5 Å². The predicted octanol–water partition coefficient (Wildman–Crippen LogP) is 0.747. The van der Waals surface area contributed by atoms with Crippen molar-refractivity contribution in [2.75, 3.05) is 46.4 Å². The van der Waals surface area contributed by atoms with Gasteiger partial charge in [0.25, 0.3) is 0 Å². The van der Waals surface area contributed by atoms with E-state index in [2.05, 4.69) is 15.5 Å². The van der Waals surface area contributed by atoms with Crippen LogP contribution in [0, 0.1) is 0 Å². The maximum absolute atomic E-state index is 12.2. The number of carbonyl (C=O) groups excluding carboxylic acids is 1. The van der Waals surface area contributed by atoms with E-state index < -0.39 is 0 Å². The third-order valence-electron chi connectivity index (χ3n) is 4.63. The highest BCUT2D eigenvalue weighted by Gasteiger charge is 2.41. The van der Waals surface area contributed by atoms with Gasteiger partial charge in [-0.15, -0.1) is 0 Å². The van der Waals surface area contributed by atoms with Crippen LogP contribution in [0.25, 0.3) is 0 Å². The second-order valence-electron chi connectivity index (χ2n) is 6.01. The molecular formula is C15H29N3O2. The number of nitrogens with zero attached hydrogens (tertiary/aromatic N) is 1. The van der Waals surface area contributed by atoms with E-state index in [0.29, 0.717) is 6.42 Å². The Kier molecular flexibility index (Phi) is 6.26. The monoisotopic (exact) mass is 283 g/mol. The summed E-state index contributed by atoms with van der Waals surface area (Å²) in [6, 6.07) is 0. The lowest BCUT2D eigenvalue weighted by Crippen LogP contribution is -2.54. The minimum Gasteiger partial charge on any atom is -0.379 e. The lowest BCUT2D eigenvalue weighted by atomic mass is 9.90. The minimum atomic E-state index is 0.108. The average Bonchev–Trinajstić information content (AvgIpc) is 2.94. The van der Waals surface area contributed by atoms with Crippen molar-refractivity contribution in [3.63, 3.8) is 0 Å². The smallest absolute Gasteiger partial charge is 0.221 e. The number of nitrogens with one attached hydrogen (secondary N) is 2. The van der Waals surface area contributed by atoms with E-state index >= 15 is 0 Å². The SMILES string of the molecule is CNCCCNC(=O)CC1(N2CCOCC2)CCCC1. The van der Waals surface area contributed by atoms with Crippen LogP contribution in [-0.4, -0.2) is 62.8 Å². The Balaban J connectivity index is 1.83. The predicted molar refractivity (Wildman–Crippen MR) is 79.8 cm³/mol. The first kappa shape index (κ1) is 15.7. The lowest BCUT2D eigenvalue weighted by Gasteiger charge is -2.43. The summed E-state index contributed by atoms with van der Waals surface area (Å²) in [6.45, 7) is 5.31. The molecule has 1 saturated carbocycles. The maximum Gasteiger partial charge on any atom is 0.221 e. The zero-order valence-electron chi connectivity index (χ0n) is 12.7. The quantitative estimate of drug-likeness (QED) is 0.677. The third-order valence-corrected chi connectivity index (χ3v) is 4.63. The van der Waals surface area contributed by atoms with Crippen LogP contribution in [0.3, 0.4) is 0 Å². The summed E-state index contributed by atoms with van der Waals surface area (Å²) in [7, 11) is 1.94. The molecule has 2 aliphatic rings. The van der Waals surface area contributed by atoms with Crippen LogP contribution in [0.4, 0.5) is 0 Å². The summed E-state index contributed by atoms with van der Waals surface area (Å²) in [4.78, 5) is 14.7. The molecule has 0 atom stereocenters. The zero-order valence-corrected chi connectivity index (χ0v) is 12.7. The summed E-state index contributed by atoms with van der Waals surface area (Å²) < 4.78 is 5.45. The summed E-state index contributed by atoms with van der Waals surface area (Å²) in [5, 5.41) is 6.17. The van der Waals surface area contributed by atoms with Crippen molar-refractivity contribution in [3.8, 4) is 0 Å². The number of ether oxygens (including phenoxy) is 1. The zero-order chi connectivity index (χ0) is 14.3. The topological polar surface area (TPSA) is 53.6 Å². The minimum absolute atomic E-state index is 0.108. The van der Waals surface area contributed by atoms with Crippen LogP contribution >= 0.6 is 0 Å². The van der Waals surface area contributed by atoms with E-state index in [4.69, 9.17) is 4.74 Å². The molecule has 1 aliphatic carbocycles. The molecule has 5 heteroatoms. The van der Waals surface area contributed by atoms with Crippen LogP contribution in [0.5, 0.6) is 0 Å². The third kappa shape index (κ3) is 4.17. The van der Waals surface area contributed by atoms with Gasteiger partial charge in [0, 0.05) is 31.6 Å². The molecule has 1 amide bonds. The van der Waals surface area contributed by atoms with Crippen molar-refractivity contribution < 1.29 is 9.53 Å².